The second kappa shape index (κ2) is 6.44. The van der Waals surface area contributed by atoms with Gasteiger partial charge in [-0.15, -0.1) is 5.10 Å². The van der Waals surface area contributed by atoms with Gasteiger partial charge in [0.15, 0.2) is 5.82 Å². The average molecular weight is 305 g/mol. The summed E-state index contributed by atoms with van der Waals surface area (Å²) in [6.45, 7) is 4.00. The molecule has 0 aliphatic heterocycles. The van der Waals surface area contributed by atoms with Gasteiger partial charge in [-0.1, -0.05) is 61.2 Å². The van der Waals surface area contributed by atoms with Crippen molar-refractivity contribution in [1.29, 1.82) is 0 Å². The second-order valence-electron chi connectivity index (χ2n) is 5.56. The molecule has 0 amide bonds. The SMILES string of the molecule is C=C(N(C)C)n1nnnc1Cc1ccc(-c2ccccc2)cc1. The first-order valence-corrected chi connectivity index (χ1v) is 7.43. The van der Waals surface area contributed by atoms with E-state index in [9.17, 15) is 0 Å². The number of rotatable bonds is 5. The van der Waals surface area contributed by atoms with Crippen LogP contribution in [0.2, 0.25) is 0 Å². The standard InChI is InChI=1S/C18H19N5/c1-14(22(2)3)23-18(19-20-21-23)13-15-9-11-17(12-10-15)16-7-5-4-6-8-16/h4-12H,1,13H2,2-3H3. The van der Waals surface area contributed by atoms with E-state index in [4.69, 9.17) is 0 Å². The lowest BCUT2D eigenvalue weighted by Crippen LogP contribution is -2.18. The van der Waals surface area contributed by atoms with Gasteiger partial charge in [-0.3, -0.25) is 0 Å². The minimum atomic E-state index is 0.662. The summed E-state index contributed by atoms with van der Waals surface area (Å²) >= 11 is 0. The second-order valence-corrected chi connectivity index (χ2v) is 5.56. The lowest BCUT2D eigenvalue weighted by Gasteiger charge is -2.15. The first-order chi connectivity index (χ1) is 11.1. The van der Waals surface area contributed by atoms with Crippen LogP contribution in [0.5, 0.6) is 0 Å². The predicted molar refractivity (Wildman–Crippen MR) is 91.5 cm³/mol. The third-order valence-corrected chi connectivity index (χ3v) is 3.72. The molecule has 23 heavy (non-hydrogen) atoms. The third kappa shape index (κ3) is 3.29. The molecule has 3 rings (SSSR count). The number of benzene rings is 2. The van der Waals surface area contributed by atoms with E-state index in [0.717, 1.165) is 17.2 Å². The van der Waals surface area contributed by atoms with Crippen molar-refractivity contribution < 1.29 is 0 Å². The van der Waals surface area contributed by atoms with Crippen LogP contribution in [0.25, 0.3) is 16.9 Å². The van der Waals surface area contributed by atoms with Crippen molar-refractivity contribution >= 4 is 5.82 Å². The Morgan fingerprint density at radius 1 is 1.00 bits per heavy atom. The van der Waals surface area contributed by atoms with Crippen LogP contribution in [0.1, 0.15) is 11.4 Å². The number of aromatic nitrogens is 4. The van der Waals surface area contributed by atoms with Crippen molar-refractivity contribution in [3.05, 3.63) is 72.6 Å². The van der Waals surface area contributed by atoms with Gasteiger partial charge in [0.25, 0.3) is 0 Å². The molecule has 0 aliphatic carbocycles. The van der Waals surface area contributed by atoms with E-state index in [-0.39, 0.29) is 0 Å². The van der Waals surface area contributed by atoms with Crippen LogP contribution in [0, 0.1) is 0 Å². The van der Waals surface area contributed by atoms with E-state index in [2.05, 4.69) is 58.5 Å². The summed E-state index contributed by atoms with van der Waals surface area (Å²) in [4.78, 5) is 1.89. The number of hydrogen-bond donors (Lipinski definition) is 0. The Hall–Kier alpha value is -2.95. The molecule has 0 fully saturated rings. The fraction of sp³-hybridized carbons (Fsp3) is 0.167. The minimum absolute atomic E-state index is 0.662. The number of nitrogens with zero attached hydrogens (tertiary/aromatic N) is 5. The summed E-state index contributed by atoms with van der Waals surface area (Å²) in [5.41, 5.74) is 3.57. The van der Waals surface area contributed by atoms with E-state index in [1.165, 1.54) is 11.1 Å². The van der Waals surface area contributed by atoms with Crippen molar-refractivity contribution in [2.75, 3.05) is 14.1 Å². The van der Waals surface area contributed by atoms with Gasteiger partial charge in [0.05, 0.1) is 0 Å². The lowest BCUT2D eigenvalue weighted by atomic mass is 10.0. The van der Waals surface area contributed by atoms with Crippen LogP contribution in [0.15, 0.2) is 61.2 Å². The third-order valence-electron chi connectivity index (χ3n) is 3.72. The maximum atomic E-state index is 4.11. The first-order valence-electron chi connectivity index (χ1n) is 7.43. The van der Waals surface area contributed by atoms with Gasteiger partial charge in [-0.2, -0.15) is 4.68 Å². The van der Waals surface area contributed by atoms with Crippen molar-refractivity contribution in [1.82, 2.24) is 25.1 Å². The normalized spacial score (nSPS) is 10.5. The van der Waals surface area contributed by atoms with Gasteiger partial charge in [-0.05, 0) is 27.1 Å². The molecule has 5 heteroatoms. The Morgan fingerprint density at radius 2 is 1.65 bits per heavy atom. The van der Waals surface area contributed by atoms with Gasteiger partial charge in [0.1, 0.15) is 5.82 Å². The van der Waals surface area contributed by atoms with E-state index in [1.807, 2.05) is 37.2 Å². The van der Waals surface area contributed by atoms with Crippen LogP contribution >= 0.6 is 0 Å². The lowest BCUT2D eigenvalue weighted by molar-refractivity contribution is 0.531. The van der Waals surface area contributed by atoms with E-state index in [0.29, 0.717) is 6.42 Å². The molecular weight excluding hydrogens is 286 g/mol. The van der Waals surface area contributed by atoms with Crippen molar-refractivity contribution in [2.24, 2.45) is 0 Å². The van der Waals surface area contributed by atoms with Crippen molar-refractivity contribution in [3.63, 3.8) is 0 Å². The molecular formula is C18H19N5. The molecule has 0 bridgehead atoms. The molecule has 0 atom stereocenters. The van der Waals surface area contributed by atoms with Gasteiger partial charge >= 0.3 is 0 Å². The van der Waals surface area contributed by atoms with Crippen LogP contribution in [-0.2, 0) is 6.42 Å². The molecule has 0 N–H and O–H groups in total. The van der Waals surface area contributed by atoms with Gasteiger partial charge < -0.3 is 4.90 Å². The molecule has 116 valence electrons. The maximum absolute atomic E-state index is 4.11. The molecule has 2 aromatic carbocycles. The highest BCUT2D eigenvalue weighted by Crippen LogP contribution is 2.20. The molecule has 0 aliphatic rings. The van der Waals surface area contributed by atoms with Crippen molar-refractivity contribution in [2.45, 2.75) is 6.42 Å². The number of hydrogen-bond acceptors (Lipinski definition) is 4. The van der Waals surface area contributed by atoms with E-state index >= 15 is 0 Å². The summed E-state index contributed by atoms with van der Waals surface area (Å²) in [5, 5.41) is 11.9. The minimum Gasteiger partial charge on any atom is -0.363 e. The van der Waals surface area contributed by atoms with Crippen molar-refractivity contribution in [3.8, 4) is 11.1 Å². The molecule has 0 radical (unpaired) electrons. The quantitative estimate of drug-likeness (QED) is 0.727. The Labute approximate surface area is 135 Å². The largest absolute Gasteiger partial charge is 0.363 e. The number of tetrazole rings is 1. The fourth-order valence-electron chi connectivity index (χ4n) is 2.33. The Kier molecular flexibility index (Phi) is 4.19. The van der Waals surface area contributed by atoms with Crippen LogP contribution < -0.4 is 0 Å². The highest BCUT2D eigenvalue weighted by molar-refractivity contribution is 5.63. The zero-order valence-corrected chi connectivity index (χ0v) is 13.3. The summed E-state index contributed by atoms with van der Waals surface area (Å²) in [6, 6.07) is 18.8. The zero-order valence-electron chi connectivity index (χ0n) is 13.3. The maximum Gasteiger partial charge on any atom is 0.162 e. The van der Waals surface area contributed by atoms with E-state index in [1.54, 1.807) is 4.68 Å². The highest BCUT2D eigenvalue weighted by Gasteiger charge is 2.11. The zero-order chi connectivity index (χ0) is 16.2. The molecule has 3 aromatic rings. The predicted octanol–water partition coefficient (Wildman–Crippen LogP) is 2.92. The Bertz CT molecular complexity index is 788. The first kappa shape index (κ1) is 15.0. The average Bonchev–Trinajstić information content (AvgIpc) is 3.03. The van der Waals surface area contributed by atoms with E-state index < -0.39 is 0 Å². The van der Waals surface area contributed by atoms with Crippen LogP contribution in [0.4, 0.5) is 0 Å². The Balaban J connectivity index is 1.80. The topological polar surface area (TPSA) is 46.8 Å². The summed E-state index contributed by atoms with van der Waals surface area (Å²) < 4.78 is 1.67. The Morgan fingerprint density at radius 3 is 2.30 bits per heavy atom. The smallest absolute Gasteiger partial charge is 0.162 e. The molecule has 0 saturated heterocycles. The van der Waals surface area contributed by atoms with Gasteiger partial charge in [0, 0.05) is 20.5 Å². The molecule has 5 nitrogen and oxygen atoms in total. The van der Waals surface area contributed by atoms with Crippen LogP contribution in [-0.4, -0.2) is 39.2 Å². The summed E-state index contributed by atoms with van der Waals surface area (Å²) in [6.07, 6.45) is 0.662. The molecule has 0 unspecified atom stereocenters. The molecule has 1 heterocycles. The molecule has 0 spiro atoms. The molecule has 0 saturated carbocycles. The molecule has 1 aromatic heterocycles. The fourth-order valence-corrected chi connectivity index (χ4v) is 2.33. The highest BCUT2D eigenvalue weighted by atomic mass is 15.6. The summed E-state index contributed by atoms with van der Waals surface area (Å²) in [5.74, 6) is 1.52. The van der Waals surface area contributed by atoms with Crippen LogP contribution in [0.3, 0.4) is 0 Å². The summed E-state index contributed by atoms with van der Waals surface area (Å²) in [7, 11) is 3.84. The van der Waals surface area contributed by atoms with Gasteiger partial charge in [-0.25, -0.2) is 0 Å². The van der Waals surface area contributed by atoms with Gasteiger partial charge in [0.2, 0.25) is 0 Å². The monoisotopic (exact) mass is 305 g/mol.